The molecule has 0 bridgehead atoms. The third-order valence-electron chi connectivity index (χ3n) is 6.38. The van der Waals surface area contributed by atoms with E-state index in [-0.39, 0.29) is 0 Å². The first-order valence-electron chi connectivity index (χ1n) is 12.4. The smallest absolute Gasteiger partial charge is 0.189 e. The van der Waals surface area contributed by atoms with Gasteiger partial charge in [-0.1, -0.05) is 55.4 Å². The van der Waals surface area contributed by atoms with E-state index in [0.29, 0.717) is 28.6 Å². The fourth-order valence-electron chi connectivity index (χ4n) is 4.01. The lowest BCUT2D eigenvalue weighted by molar-refractivity contribution is 0.190. The Bertz CT molecular complexity index is 1280. The minimum Gasteiger partial charge on any atom is -0.382 e. The van der Waals surface area contributed by atoms with Gasteiger partial charge in [0.1, 0.15) is 5.69 Å². The third kappa shape index (κ3) is 5.78. The number of nitrogens with two attached hydrogens (primary N) is 1. The number of aromatic nitrogens is 3. The largest absolute Gasteiger partial charge is 0.382 e. The van der Waals surface area contributed by atoms with Gasteiger partial charge in [0, 0.05) is 46.5 Å². The molecule has 1 aliphatic rings. The number of hydrogen-bond donors (Lipinski definition) is 2. The summed E-state index contributed by atoms with van der Waals surface area (Å²) in [5.41, 5.74) is 11.3. The Balaban J connectivity index is 1.30. The van der Waals surface area contributed by atoms with Crippen LogP contribution in [0.3, 0.4) is 0 Å². The van der Waals surface area contributed by atoms with E-state index in [9.17, 15) is 0 Å². The molecule has 0 spiro atoms. The van der Waals surface area contributed by atoms with Gasteiger partial charge in [0.25, 0.3) is 0 Å². The van der Waals surface area contributed by atoms with Crippen LogP contribution in [0.4, 0.5) is 5.82 Å². The molecule has 3 heterocycles. The van der Waals surface area contributed by atoms with E-state index < -0.39 is 0 Å². The van der Waals surface area contributed by atoms with Crippen LogP contribution in [0.1, 0.15) is 32.3 Å². The minimum atomic E-state index is 0.308. The summed E-state index contributed by atoms with van der Waals surface area (Å²) in [6.45, 7) is 6.88. The first kappa shape index (κ1) is 24.5. The average molecular weight is 502 g/mol. The molecule has 3 N–H and O–H groups in total. The van der Waals surface area contributed by atoms with Crippen molar-refractivity contribution in [2.45, 2.75) is 49.4 Å². The van der Waals surface area contributed by atoms with Crippen LogP contribution in [-0.4, -0.2) is 39.6 Å². The number of hydrogen-bond acceptors (Lipinski definition) is 8. The van der Waals surface area contributed by atoms with E-state index in [1.165, 1.54) is 10.5 Å². The number of rotatable bonds is 9. The molecule has 0 amide bonds. The summed E-state index contributed by atoms with van der Waals surface area (Å²) in [7, 11) is 0. The first-order valence-corrected chi connectivity index (χ1v) is 13.2. The highest BCUT2D eigenvalue weighted by Crippen LogP contribution is 2.31. The molecule has 0 aliphatic carbocycles. The van der Waals surface area contributed by atoms with Gasteiger partial charge < -0.3 is 20.3 Å². The van der Waals surface area contributed by atoms with Gasteiger partial charge in [0.05, 0.1) is 18.5 Å². The summed E-state index contributed by atoms with van der Waals surface area (Å²) < 4.78 is 11.1. The summed E-state index contributed by atoms with van der Waals surface area (Å²) in [4.78, 5) is 10.4. The van der Waals surface area contributed by atoms with Gasteiger partial charge in [0.15, 0.2) is 17.3 Å². The van der Waals surface area contributed by atoms with E-state index in [1.807, 2.05) is 30.0 Å². The SMILES string of the molecule is CCC(C)Sc1ccc(-c2cnc(N)c(-c3cc(-c4ccc(CNC5CCOC5)cc4)no3)n2)cc1. The molecule has 1 fully saturated rings. The molecule has 2 atom stereocenters. The van der Waals surface area contributed by atoms with Crippen molar-refractivity contribution in [3.05, 3.63) is 66.4 Å². The number of benzene rings is 2. The van der Waals surface area contributed by atoms with Gasteiger partial charge in [-0.25, -0.2) is 9.97 Å². The van der Waals surface area contributed by atoms with Crippen LogP contribution >= 0.6 is 11.8 Å². The zero-order valence-electron chi connectivity index (χ0n) is 20.6. The molecule has 36 heavy (non-hydrogen) atoms. The van der Waals surface area contributed by atoms with Crippen molar-refractivity contribution in [2.24, 2.45) is 0 Å². The van der Waals surface area contributed by atoms with E-state index in [1.54, 1.807) is 6.20 Å². The molecular formula is C28H31N5O2S. The summed E-state index contributed by atoms with van der Waals surface area (Å²) >= 11 is 1.87. The van der Waals surface area contributed by atoms with Crippen molar-refractivity contribution in [3.63, 3.8) is 0 Å². The van der Waals surface area contributed by atoms with E-state index in [0.717, 1.165) is 55.1 Å². The van der Waals surface area contributed by atoms with Gasteiger partial charge in [0.2, 0.25) is 0 Å². The number of nitrogens with one attached hydrogen (secondary N) is 1. The molecule has 2 aromatic carbocycles. The van der Waals surface area contributed by atoms with Crippen LogP contribution in [0.2, 0.25) is 0 Å². The molecule has 8 heteroatoms. The molecule has 2 unspecified atom stereocenters. The molecule has 0 saturated carbocycles. The quantitative estimate of drug-likeness (QED) is 0.277. The number of nitrogen functional groups attached to an aromatic ring is 1. The van der Waals surface area contributed by atoms with Crippen molar-refractivity contribution in [2.75, 3.05) is 18.9 Å². The van der Waals surface area contributed by atoms with Crippen LogP contribution in [0.5, 0.6) is 0 Å². The van der Waals surface area contributed by atoms with Crippen LogP contribution in [-0.2, 0) is 11.3 Å². The van der Waals surface area contributed by atoms with Crippen LogP contribution < -0.4 is 11.1 Å². The Hall–Kier alpha value is -3.20. The molecule has 2 aromatic heterocycles. The first-order chi connectivity index (χ1) is 17.6. The summed E-state index contributed by atoms with van der Waals surface area (Å²) in [5.74, 6) is 0.801. The van der Waals surface area contributed by atoms with E-state index in [2.05, 4.69) is 65.7 Å². The molecule has 4 aromatic rings. The lowest BCUT2D eigenvalue weighted by Crippen LogP contribution is -2.28. The highest BCUT2D eigenvalue weighted by Gasteiger charge is 2.17. The zero-order valence-corrected chi connectivity index (χ0v) is 21.4. The van der Waals surface area contributed by atoms with Gasteiger partial charge >= 0.3 is 0 Å². The maximum Gasteiger partial charge on any atom is 0.189 e. The standard InChI is InChI=1S/C28H31N5O2S/c1-3-18(2)36-23-10-8-21(9-11-23)25-16-31-28(29)27(32-25)26-14-24(33-35-26)20-6-4-19(5-7-20)15-30-22-12-13-34-17-22/h4-11,14,16,18,22,30H,3,12-13,15,17H2,1-2H3,(H2,29,31). The number of nitrogens with zero attached hydrogens (tertiary/aromatic N) is 3. The van der Waals surface area contributed by atoms with Gasteiger partial charge in [-0.2, -0.15) is 0 Å². The Kier molecular flexibility index (Phi) is 7.65. The van der Waals surface area contributed by atoms with Crippen molar-refractivity contribution < 1.29 is 9.26 Å². The predicted octanol–water partition coefficient (Wildman–Crippen LogP) is 5.82. The summed E-state index contributed by atoms with van der Waals surface area (Å²) in [5, 5.41) is 8.37. The maximum atomic E-state index is 6.17. The Morgan fingerprint density at radius 1 is 1.08 bits per heavy atom. The second kappa shape index (κ2) is 11.2. The van der Waals surface area contributed by atoms with Crippen LogP contribution in [0.25, 0.3) is 34.0 Å². The number of anilines is 1. The Labute approximate surface area is 215 Å². The van der Waals surface area contributed by atoms with E-state index in [4.69, 9.17) is 20.0 Å². The lowest BCUT2D eigenvalue weighted by Gasteiger charge is -2.10. The number of ether oxygens (including phenoxy) is 1. The second-order valence-electron chi connectivity index (χ2n) is 9.06. The fourth-order valence-corrected chi connectivity index (χ4v) is 4.94. The Morgan fingerprint density at radius 2 is 1.83 bits per heavy atom. The van der Waals surface area contributed by atoms with Crippen molar-refractivity contribution in [1.82, 2.24) is 20.4 Å². The average Bonchev–Trinajstić information content (AvgIpc) is 3.61. The second-order valence-corrected chi connectivity index (χ2v) is 10.6. The van der Waals surface area contributed by atoms with Crippen molar-refractivity contribution >= 4 is 17.6 Å². The molecule has 5 rings (SSSR count). The summed E-state index contributed by atoms with van der Waals surface area (Å²) in [6, 6.07) is 19.0. The highest BCUT2D eigenvalue weighted by atomic mass is 32.2. The van der Waals surface area contributed by atoms with Gasteiger partial charge in [-0.3, -0.25) is 0 Å². The molecule has 7 nitrogen and oxygen atoms in total. The highest BCUT2D eigenvalue weighted by molar-refractivity contribution is 7.99. The summed E-state index contributed by atoms with van der Waals surface area (Å²) in [6.07, 6.45) is 3.89. The van der Waals surface area contributed by atoms with Gasteiger partial charge in [-0.15, -0.1) is 11.8 Å². The topological polar surface area (TPSA) is 99.1 Å². The van der Waals surface area contributed by atoms with Crippen LogP contribution in [0, 0.1) is 0 Å². The van der Waals surface area contributed by atoms with Crippen LogP contribution in [0.15, 0.2) is 70.2 Å². The molecule has 186 valence electrons. The molecule has 0 radical (unpaired) electrons. The van der Waals surface area contributed by atoms with Crippen molar-refractivity contribution in [3.8, 4) is 34.0 Å². The predicted molar refractivity (Wildman–Crippen MR) is 144 cm³/mol. The molecular weight excluding hydrogens is 470 g/mol. The normalized spacial score (nSPS) is 16.3. The molecule has 1 aliphatic heterocycles. The van der Waals surface area contributed by atoms with Crippen molar-refractivity contribution in [1.29, 1.82) is 0 Å². The minimum absolute atomic E-state index is 0.308. The fraction of sp³-hybridized carbons (Fsp3) is 0.321. The van der Waals surface area contributed by atoms with Gasteiger partial charge in [-0.05, 0) is 30.5 Å². The molecule has 1 saturated heterocycles. The Morgan fingerprint density at radius 3 is 2.56 bits per heavy atom. The number of thioether (sulfide) groups is 1. The lowest BCUT2D eigenvalue weighted by atomic mass is 10.1. The monoisotopic (exact) mass is 501 g/mol. The third-order valence-corrected chi connectivity index (χ3v) is 7.66. The maximum absolute atomic E-state index is 6.17. The van der Waals surface area contributed by atoms with E-state index >= 15 is 0 Å². The zero-order chi connectivity index (χ0) is 24.9.